The van der Waals surface area contributed by atoms with E-state index in [2.05, 4.69) is 15.6 Å². The summed E-state index contributed by atoms with van der Waals surface area (Å²) >= 11 is 1.60. The zero-order valence-corrected chi connectivity index (χ0v) is 12.0. The molecular weight excluding hydrogens is 292 g/mol. The number of nitrogens with one attached hydrogen (secondary N) is 1. The van der Waals surface area contributed by atoms with Crippen LogP contribution in [0.5, 0.6) is 0 Å². The monoisotopic (exact) mass is 306 g/mol. The largest absolute Gasteiger partial charge is 0.480 e. The molecule has 2 heterocycles. The number of hydrogen-bond donors (Lipinski definition) is 2. The van der Waals surface area contributed by atoms with Gasteiger partial charge in [0.25, 0.3) is 5.91 Å². The van der Waals surface area contributed by atoms with Gasteiger partial charge in [0.15, 0.2) is 5.69 Å². The lowest BCUT2D eigenvalue weighted by atomic mass is 9.76. The third-order valence-electron chi connectivity index (χ3n) is 3.64. The molecule has 0 spiro atoms. The number of carbonyl (C=O) groups is 2. The molecule has 0 unspecified atom stereocenters. The van der Waals surface area contributed by atoms with Gasteiger partial charge in [-0.05, 0) is 30.7 Å². The van der Waals surface area contributed by atoms with E-state index in [0.29, 0.717) is 19.4 Å². The summed E-state index contributed by atoms with van der Waals surface area (Å²) in [4.78, 5) is 24.4. The predicted octanol–water partition coefficient (Wildman–Crippen LogP) is 1.12. The molecule has 0 aromatic carbocycles. The first kappa shape index (κ1) is 13.7. The smallest absolute Gasteiger partial charge is 0.329 e. The second-order valence-corrected chi connectivity index (χ2v) is 6.11. The summed E-state index contributed by atoms with van der Waals surface area (Å²) in [6.45, 7) is 0.544. The number of carboxylic acids is 1. The van der Waals surface area contributed by atoms with E-state index in [1.54, 1.807) is 16.0 Å². The molecule has 1 saturated carbocycles. The summed E-state index contributed by atoms with van der Waals surface area (Å²) < 4.78 is 1.56. The van der Waals surface area contributed by atoms with Crippen LogP contribution in [-0.4, -0.2) is 37.5 Å². The molecule has 0 saturated heterocycles. The second-order valence-electron chi connectivity index (χ2n) is 5.08. The van der Waals surface area contributed by atoms with Gasteiger partial charge >= 0.3 is 5.97 Å². The Bertz CT molecular complexity index is 661. The standard InChI is InChI=1S/C13H14N4O3S/c18-11(14-13(12(19)20)4-2-5-13)10-8-17(16-15-10)7-9-3-1-6-21-9/h1,3,6,8H,2,4-5,7H2,(H,14,18)(H,19,20). The van der Waals surface area contributed by atoms with E-state index in [1.807, 2.05) is 17.5 Å². The Morgan fingerprint density at radius 2 is 2.29 bits per heavy atom. The zero-order chi connectivity index (χ0) is 14.9. The molecule has 2 aromatic rings. The van der Waals surface area contributed by atoms with E-state index < -0.39 is 17.4 Å². The van der Waals surface area contributed by atoms with Gasteiger partial charge in [-0.1, -0.05) is 11.3 Å². The van der Waals surface area contributed by atoms with Crippen LogP contribution in [0.25, 0.3) is 0 Å². The molecule has 1 aliphatic rings. The molecule has 2 aromatic heterocycles. The minimum Gasteiger partial charge on any atom is -0.480 e. The van der Waals surface area contributed by atoms with E-state index in [4.69, 9.17) is 0 Å². The van der Waals surface area contributed by atoms with Crippen molar-refractivity contribution in [2.75, 3.05) is 0 Å². The molecule has 21 heavy (non-hydrogen) atoms. The van der Waals surface area contributed by atoms with Crippen molar-refractivity contribution >= 4 is 23.2 Å². The molecule has 7 nitrogen and oxygen atoms in total. The van der Waals surface area contributed by atoms with Gasteiger partial charge in [-0.25, -0.2) is 9.48 Å². The fourth-order valence-electron chi connectivity index (χ4n) is 2.25. The predicted molar refractivity (Wildman–Crippen MR) is 75.1 cm³/mol. The summed E-state index contributed by atoms with van der Waals surface area (Å²) in [5.74, 6) is -1.48. The number of aliphatic carboxylic acids is 1. The molecule has 1 fully saturated rings. The summed E-state index contributed by atoms with van der Waals surface area (Å²) in [6.07, 6.45) is 3.25. The van der Waals surface area contributed by atoms with Crippen molar-refractivity contribution in [3.05, 3.63) is 34.3 Å². The Kier molecular flexibility index (Phi) is 3.46. The average molecular weight is 306 g/mol. The lowest BCUT2D eigenvalue weighted by Crippen LogP contribution is -2.59. The summed E-state index contributed by atoms with van der Waals surface area (Å²) in [5, 5.41) is 21.4. The third kappa shape index (κ3) is 2.66. The van der Waals surface area contributed by atoms with Gasteiger partial charge in [0.2, 0.25) is 0 Å². The molecule has 0 aliphatic heterocycles. The number of carbonyl (C=O) groups excluding carboxylic acids is 1. The topological polar surface area (TPSA) is 97.1 Å². The second kappa shape index (κ2) is 5.28. The SMILES string of the molecule is O=C(NC1(C(=O)O)CCC1)c1cn(Cc2cccs2)nn1. The summed E-state index contributed by atoms with van der Waals surface area (Å²) in [7, 11) is 0. The number of carboxylic acid groups (broad SMARTS) is 1. The molecule has 2 N–H and O–H groups in total. The van der Waals surface area contributed by atoms with E-state index in [0.717, 1.165) is 11.3 Å². The van der Waals surface area contributed by atoms with Crippen molar-refractivity contribution in [2.45, 2.75) is 31.3 Å². The molecule has 110 valence electrons. The maximum atomic E-state index is 12.1. The van der Waals surface area contributed by atoms with Gasteiger partial charge in [0.05, 0.1) is 12.7 Å². The van der Waals surface area contributed by atoms with E-state index in [-0.39, 0.29) is 5.69 Å². The lowest BCUT2D eigenvalue weighted by Gasteiger charge is -2.37. The van der Waals surface area contributed by atoms with E-state index >= 15 is 0 Å². The highest BCUT2D eigenvalue weighted by molar-refractivity contribution is 7.09. The molecule has 0 radical (unpaired) electrons. The van der Waals surface area contributed by atoms with Crippen LogP contribution in [0.1, 0.15) is 34.6 Å². The van der Waals surface area contributed by atoms with Crippen molar-refractivity contribution in [2.24, 2.45) is 0 Å². The van der Waals surface area contributed by atoms with E-state index in [1.165, 1.54) is 6.20 Å². The molecule has 0 atom stereocenters. The van der Waals surface area contributed by atoms with Crippen molar-refractivity contribution in [1.82, 2.24) is 20.3 Å². The van der Waals surface area contributed by atoms with Gasteiger partial charge < -0.3 is 10.4 Å². The van der Waals surface area contributed by atoms with Crippen LogP contribution in [0.3, 0.4) is 0 Å². The maximum absolute atomic E-state index is 12.1. The molecule has 3 rings (SSSR count). The number of rotatable bonds is 5. The number of thiophene rings is 1. The van der Waals surface area contributed by atoms with Gasteiger partial charge in [0.1, 0.15) is 5.54 Å². The first-order chi connectivity index (χ1) is 10.1. The van der Waals surface area contributed by atoms with Crippen molar-refractivity contribution < 1.29 is 14.7 Å². The van der Waals surface area contributed by atoms with Gasteiger partial charge in [0, 0.05) is 4.88 Å². The van der Waals surface area contributed by atoms with Crippen LogP contribution >= 0.6 is 11.3 Å². The Morgan fingerprint density at radius 1 is 1.48 bits per heavy atom. The maximum Gasteiger partial charge on any atom is 0.329 e. The Morgan fingerprint density at radius 3 is 2.86 bits per heavy atom. The first-order valence-electron chi connectivity index (χ1n) is 6.57. The fourth-order valence-corrected chi connectivity index (χ4v) is 2.94. The minimum atomic E-state index is -1.13. The molecule has 8 heteroatoms. The van der Waals surface area contributed by atoms with Crippen molar-refractivity contribution in [3.8, 4) is 0 Å². The van der Waals surface area contributed by atoms with Crippen LogP contribution in [0, 0.1) is 0 Å². The summed E-state index contributed by atoms with van der Waals surface area (Å²) in [6, 6.07) is 3.91. The number of aromatic nitrogens is 3. The Balaban J connectivity index is 1.68. The molecular formula is C13H14N4O3S. The molecule has 0 bridgehead atoms. The van der Waals surface area contributed by atoms with Crippen LogP contribution in [0.4, 0.5) is 0 Å². The zero-order valence-electron chi connectivity index (χ0n) is 11.2. The first-order valence-corrected chi connectivity index (χ1v) is 7.45. The number of nitrogens with zero attached hydrogens (tertiary/aromatic N) is 3. The van der Waals surface area contributed by atoms with Crippen LogP contribution in [0.15, 0.2) is 23.7 Å². The van der Waals surface area contributed by atoms with Gasteiger partial charge in [-0.15, -0.1) is 16.4 Å². The Hall–Kier alpha value is -2.22. The quantitative estimate of drug-likeness (QED) is 0.863. The number of amides is 1. The van der Waals surface area contributed by atoms with Crippen molar-refractivity contribution in [3.63, 3.8) is 0 Å². The van der Waals surface area contributed by atoms with Crippen LogP contribution in [-0.2, 0) is 11.3 Å². The minimum absolute atomic E-state index is 0.138. The number of hydrogen-bond acceptors (Lipinski definition) is 5. The third-order valence-corrected chi connectivity index (χ3v) is 4.50. The Labute approximate surface area is 124 Å². The van der Waals surface area contributed by atoms with Crippen LogP contribution in [0.2, 0.25) is 0 Å². The van der Waals surface area contributed by atoms with Crippen LogP contribution < -0.4 is 5.32 Å². The van der Waals surface area contributed by atoms with E-state index in [9.17, 15) is 14.7 Å². The highest BCUT2D eigenvalue weighted by Gasteiger charge is 2.46. The van der Waals surface area contributed by atoms with Gasteiger partial charge in [-0.3, -0.25) is 4.79 Å². The van der Waals surface area contributed by atoms with Gasteiger partial charge in [-0.2, -0.15) is 0 Å². The average Bonchev–Trinajstić information content (AvgIpc) is 3.05. The highest BCUT2D eigenvalue weighted by Crippen LogP contribution is 2.32. The fraction of sp³-hybridized carbons (Fsp3) is 0.385. The highest BCUT2D eigenvalue weighted by atomic mass is 32.1. The molecule has 1 aliphatic carbocycles. The normalized spacial score (nSPS) is 16.2. The lowest BCUT2D eigenvalue weighted by molar-refractivity contribution is -0.148. The van der Waals surface area contributed by atoms with Crippen molar-refractivity contribution in [1.29, 1.82) is 0 Å². The molecule has 1 amide bonds. The summed E-state index contributed by atoms with van der Waals surface area (Å²) in [5.41, 5.74) is -0.992.